The van der Waals surface area contributed by atoms with Crippen LogP contribution < -0.4 is 5.32 Å². The summed E-state index contributed by atoms with van der Waals surface area (Å²) in [5.74, 6) is -0.587. The summed E-state index contributed by atoms with van der Waals surface area (Å²) >= 11 is 0. The van der Waals surface area contributed by atoms with E-state index in [4.69, 9.17) is 9.52 Å². The maximum atomic E-state index is 11.0. The Labute approximate surface area is 104 Å². The first kappa shape index (κ1) is 11.2. The van der Waals surface area contributed by atoms with Gasteiger partial charge < -0.3 is 14.8 Å². The average molecular weight is 246 g/mol. The van der Waals surface area contributed by atoms with Crippen LogP contribution in [0.5, 0.6) is 0 Å². The van der Waals surface area contributed by atoms with Crippen LogP contribution >= 0.6 is 0 Å². The average Bonchev–Trinajstić information content (AvgIpc) is 2.86. The first-order valence-corrected chi connectivity index (χ1v) is 6.04. The normalized spacial score (nSPS) is 24.2. The quantitative estimate of drug-likeness (QED) is 0.844. The van der Waals surface area contributed by atoms with E-state index >= 15 is 0 Å². The van der Waals surface area contributed by atoms with Crippen molar-refractivity contribution in [3.63, 3.8) is 0 Å². The van der Waals surface area contributed by atoms with Crippen molar-refractivity contribution in [2.45, 2.75) is 24.8 Å². The summed E-state index contributed by atoms with van der Waals surface area (Å²) in [6.45, 7) is 0.715. The van der Waals surface area contributed by atoms with Crippen molar-refractivity contribution in [2.75, 3.05) is 6.54 Å². The molecule has 0 spiro atoms. The fourth-order valence-electron chi connectivity index (χ4n) is 2.47. The Hall–Kier alpha value is -1.88. The Kier molecular flexibility index (Phi) is 2.76. The molecule has 0 amide bonds. The summed E-state index contributed by atoms with van der Waals surface area (Å²) in [6.07, 6.45) is 3.12. The van der Waals surface area contributed by atoms with E-state index in [9.17, 15) is 4.79 Å². The Morgan fingerprint density at radius 1 is 1.44 bits per heavy atom. The monoisotopic (exact) mass is 246 g/mol. The van der Waals surface area contributed by atoms with Crippen LogP contribution in [0.4, 0.5) is 0 Å². The number of fused-ring (bicyclic) bond motifs is 1. The van der Waals surface area contributed by atoms with Gasteiger partial charge in [0.05, 0.1) is 6.26 Å². The zero-order valence-corrected chi connectivity index (χ0v) is 9.80. The molecule has 0 aromatic carbocycles. The highest BCUT2D eigenvalue weighted by molar-refractivity contribution is 5.74. The molecule has 0 radical (unpaired) electrons. The fraction of sp³-hybridized carbons (Fsp3) is 0.385. The Morgan fingerprint density at radius 3 is 3.17 bits per heavy atom. The minimum absolute atomic E-state index is 0.201. The summed E-state index contributed by atoms with van der Waals surface area (Å²) in [5, 5.41) is 12.0. The van der Waals surface area contributed by atoms with E-state index in [2.05, 4.69) is 10.3 Å². The van der Waals surface area contributed by atoms with Gasteiger partial charge in [-0.15, -0.1) is 0 Å². The number of carboxylic acids is 1. The van der Waals surface area contributed by atoms with E-state index in [-0.39, 0.29) is 5.92 Å². The van der Waals surface area contributed by atoms with Gasteiger partial charge in [-0.25, -0.2) is 4.98 Å². The molecule has 3 heterocycles. The highest BCUT2D eigenvalue weighted by Crippen LogP contribution is 2.28. The van der Waals surface area contributed by atoms with E-state index < -0.39 is 12.0 Å². The first-order chi connectivity index (χ1) is 8.74. The highest BCUT2D eigenvalue weighted by atomic mass is 16.4. The van der Waals surface area contributed by atoms with Crippen LogP contribution in [0.1, 0.15) is 24.5 Å². The zero-order chi connectivity index (χ0) is 12.5. The van der Waals surface area contributed by atoms with Crippen molar-refractivity contribution in [3.05, 3.63) is 30.2 Å². The largest absolute Gasteiger partial charge is 0.480 e. The number of hydrogen-bond acceptors (Lipinski definition) is 4. The summed E-state index contributed by atoms with van der Waals surface area (Å²) in [6, 6.07) is 5.19. The number of pyridine rings is 1. The molecular weight excluding hydrogens is 232 g/mol. The lowest BCUT2D eigenvalue weighted by Gasteiger charge is -2.27. The number of rotatable bonds is 2. The zero-order valence-electron chi connectivity index (χ0n) is 9.80. The van der Waals surface area contributed by atoms with Crippen molar-refractivity contribution in [1.29, 1.82) is 0 Å². The molecule has 2 aromatic heterocycles. The van der Waals surface area contributed by atoms with E-state index in [0.717, 1.165) is 23.2 Å². The minimum atomic E-state index is -0.788. The van der Waals surface area contributed by atoms with Crippen LogP contribution in [0.2, 0.25) is 0 Å². The summed E-state index contributed by atoms with van der Waals surface area (Å²) in [5.41, 5.74) is 2.55. The molecule has 2 unspecified atom stereocenters. The second kappa shape index (κ2) is 4.42. The summed E-state index contributed by atoms with van der Waals surface area (Å²) in [7, 11) is 0. The SMILES string of the molecule is O=C(O)C1CC(c2ccc3occc3n2)CCN1. The second-order valence-corrected chi connectivity index (χ2v) is 4.61. The van der Waals surface area contributed by atoms with E-state index in [1.54, 1.807) is 6.26 Å². The lowest BCUT2D eigenvalue weighted by atomic mass is 9.89. The number of furan rings is 1. The van der Waals surface area contributed by atoms with Gasteiger partial charge >= 0.3 is 5.97 Å². The molecule has 5 nitrogen and oxygen atoms in total. The van der Waals surface area contributed by atoms with Crippen molar-refractivity contribution >= 4 is 17.1 Å². The number of aliphatic carboxylic acids is 1. The number of carboxylic acid groups (broad SMARTS) is 1. The van der Waals surface area contributed by atoms with Crippen LogP contribution in [0.25, 0.3) is 11.1 Å². The topological polar surface area (TPSA) is 75.4 Å². The van der Waals surface area contributed by atoms with Crippen molar-refractivity contribution < 1.29 is 14.3 Å². The van der Waals surface area contributed by atoms with Gasteiger partial charge in [-0.2, -0.15) is 0 Å². The Bertz CT molecular complexity index is 578. The van der Waals surface area contributed by atoms with Crippen LogP contribution in [0.15, 0.2) is 28.9 Å². The molecule has 2 atom stereocenters. The van der Waals surface area contributed by atoms with Crippen molar-refractivity contribution in [3.8, 4) is 0 Å². The number of aromatic nitrogens is 1. The van der Waals surface area contributed by atoms with Gasteiger partial charge in [-0.3, -0.25) is 4.79 Å². The van der Waals surface area contributed by atoms with Crippen LogP contribution in [0.3, 0.4) is 0 Å². The summed E-state index contributed by atoms with van der Waals surface area (Å²) in [4.78, 5) is 15.5. The Balaban J connectivity index is 1.86. The predicted octanol–water partition coefficient (Wildman–Crippen LogP) is 1.75. The second-order valence-electron chi connectivity index (χ2n) is 4.61. The molecule has 0 aliphatic carbocycles. The maximum Gasteiger partial charge on any atom is 0.320 e. The van der Waals surface area contributed by atoms with Crippen molar-refractivity contribution in [1.82, 2.24) is 10.3 Å². The molecule has 18 heavy (non-hydrogen) atoms. The van der Waals surface area contributed by atoms with Gasteiger partial charge in [-0.05, 0) is 31.5 Å². The van der Waals surface area contributed by atoms with Gasteiger partial charge in [0.2, 0.25) is 0 Å². The predicted molar refractivity (Wildman–Crippen MR) is 65.4 cm³/mol. The molecule has 0 bridgehead atoms. The third kappa shape index (κ3) is 1.97. The molecule has 3 rings (SSSR count). The lowest BCUT2D eigenvalue weighted by Crippen LogP contribution is -2.42. The Morgan fingerprint density at radius 2 is 2.33 bits per heavy atom. The van der Waals surface area contributed by atoms with E-state index in [1.165, 1.54) is 0 Å². The standard InChI is InChI=1S/C13H14N2O3/c16-13(17)11-7-8(3-5-14-11)9-1-2-12-10(15-9)4-6-18-12/h1-2,4,6,8,11,14H,3,5,7H2,(H,16,17). The van der Waals surface area contributed by atoms with E-state index in [0.29, 0.717) is 13.0 Å². The molecule has 5 heteroatoms. The number of hydrogen-bond donors (Lipinski definition) is 2. The molecular formula is C13H14N2O3. The molecule has 1 aliphatic heterocycles. The molecule has 1 saturated heterocycles. The molecule has 1 aliphatic rings. The number of piperidine rings is 1. The van der Waals surface area contributed by atoms with Gasteiger partial charge in [0.1, 0.15) is 11.6 Å². The molecule has 94 valence electrons. The molecule has 2 aromatic rings. The molecule has 1 fully saturated rings. The highest BCUT2D eigenvalue weighted by Gasteiger charge is 2.28. The molecule has 2 N–H and O–H groups in total. The number of nitrogens with one attached hydrogen (secondary N) is 1. The number of carbonyl (C=O) groups is 1. The van der Waals surface area contributed by atoms with Gasteiger partial charge in [0.15, 0.2) is 5.58 Å². The van der Waals surface area contributed by atoms with Gasteiger partial charge in [0.25, 0.3) is 0 Å². The van der Waals surface area contributed by atoms with Crippen LogP contribution in [-0.4, -0.2) is 28.6 Å². The van der Waals surface area contributed by atoms with Gasteiger partial charge in [-0.1, -0.05) is 0 Å². The minimum Gasteiger partial charge on any atom is -0.480 e. The number of nitrogens with zero attached hydrogens (tertiary/aromatic N) is 1. The smallest absolute Gasteiger partial charge is 0.320 e. The fourth-order valence-corrected chi connectivity index (χ4v) is 2.47. The first-order valence-electron chi connectivity index (χ1n) is 6.04. The third-order valence-electron chi connectivity index (χ3n) is 3.45. The summed E-state index contributed by atoms with van der Waals surface area (Å²) < 4.78 is 5.25. The van der Waals surface area contributed by atoms with Crippen molar-refractivity contribution in [2.24, 2.45) is 0 Å². The van der Waals surface area contributed by atoms with E-state index in [1.807, 2.05) is 18.2 Å². The lowest BCUT2D eigenvalue weighted by molar-refractivity contribution is -0.140. The molecule has 0 saturated carbocycles. The third-order valence-corrected chi connectivity index (χ3v) is 3.45. The van der Waals surface area contributed by atoms with Crippen LogP contribution in [0, 0.1) is 0 Å². The van der Waals surface area contributed by atoms with Gasteiger partial charge in [0, 0.05) is 17.7 Å². The maximum absolute atomic E-state index is 11.0. The van der Waals surface area contributed by atoms with Crippen LogP contribution in [-0.2, 0) is 4.79 Å².